The van der Waals surface area contributed by atoms with Crippen LogP contribution in [0.2, 0.25) is 0 Å². The first-order chi connectivity index (χ1) is 12.2. The highest BCUT2D eigenvalue weighted by Crippen LogP contribution is 2.32. The van der Waals surface area contributed by atoms with Crippen LogP contribution in [-0.4, -0.2) is 33.5 Å². The number of alkyl halides is 3. The van der Waals surface area contributed by atoms with E-state index in [4.69, 9.17) is 9.84 Å². The van der Waals surface area contributed by atoms with Crippen molar-refractivity contribution in [1.82, 2.24) is 4.98 Å². The molecule has 10 heteroatoms. The van der Waals surface area contributed by atoms with Crippen LogP contribution in [0.25, 0.3) is 0 Å². The lowest BCUT2D eigenvalue weighted by molar-refractivity contribution is -0.137. The predicted octanol–water partition coefficient (Wildman–Crippen LogP) is 3.65. The third kappa shape index (κ3) is 6.28. The maximum Gasteiger partial charge on any atom is 0.416 e. The summed E-state index contributed by atoms with van der Waals surface area (Å²) in [5, 5.41) is 11.0. The Morgan fingerprint density at radius 1 is 1.19 bits per heavy atom. The number of halogens is 3. The van der Waals surface area contributed by atoms with E-state index in [1.54, 1.807) is 0 Å². The molecule has 1 heterocycles. The van der Waals surface area contributed by atoms with Gasteiger partial charge in [0.15, 0.2) is 0 Å². The van der Waals surface area contributed by atoms with Crippen molar-refractivity contribution in [3.05, 3.63) is 48.2 Å². The number of carboxylic acid groups (broad SMARTS) is 1. The zero-order valence-electron chi connectivity index (χ0n) is 13.1. The molecule has 26 heavy (non-hydrogen) atoms. The number of nitrogens with one attached hydrogen (secondary N) is 1. The van der Waals surface area contributed by atoms with Crippen molar-refractivity contribution >= 4 is 29.3 Å². The maximum absolute atomic E-state index is 12.7. The average molecular weight is 386 g/mol. The van der Waals surface area contributed by atoms with Gasteiger partial charge in [-0.15, -0.1) is 11.8 Å². The summed E-state index contributed by atoms with van der Waals surface area (Å²) < 4.78 is 43.3. The Morgan fingerprint density at radius 2 is 1.96 bits per heavy atom. The van der Waals surface area contributed by atoms with E-state index in [1.807, 2.05) is 0 Å². The van der Waals surface area contributed by atoms with Crippen LogP contribution in [0.3, 0.4) is 0 Å². The standard InChI is InChI=1S/C16H13F3N2O4S/c17-16(18,19)10-2-1-3-12(6-10)25-14-5-4-11(7-20-14)21-13(22)8-26-9-15(23)24/h1-7H,8-9H2,(H,21,22)(H,23,24). The lowest BCUT2D eigenvalue weighted by Gasteiger charge is -2.10. The minimum atomic E-state index is -4.47. The molecule has 1 aromatic carbocycles. The largest absolute Gasteiger partial charge is 0.481 e. The number of nitrogens with zero attached hydrogens (tertiary/aromatic N) is 1. The van der Waals surface area contributed by atoms with Crippen LogP contribution in [0.1, 0.15) is 5.56 Å². The van der Waals surface area contributed by atoms with Crippen molar-refractivity contribution in [2.45, 2.75) is 6.18 Å². The molecule has 2 aromatic rings. The van der Waals surface area contributed by atoms with Gasteiger partial charge < -0.3 is 15.2 Å². The van der Waals surface area contributed by atoms with Crippen LogP contribution in [-0.2, 0) is 15.8 Å². The second-order valence-electron chi connectivity index (χ2n) is 4.95. The minimum Gasteiger partial charge on any atom is -0.481 e. The van der Waals surface area contributed by atoms with Gasteiger partial charge in [-0.1, -0.05) is 6.07 Å². The summed E-state index contributed by atoms with van der Waals surface area (Å²) in [4.78, 5) is 25.9. The molecule has 6 nitrogen and oxygen atoms in total. The zero-order valence-corrected chi connectivity index (χ0v) is 13.9. The number of thioether (sulfide) groups is 1. The van der Waals surface area contributed by atoms with E-state index in [2.05, 4.69) is 10.3 Å². The first-order valence-corrected chi connectivity index (χ1v) is 8.30. The van der Waals surface area contributed by atoms with Gasteiger partial charge in [0.25, 0.3) is 0 Å². The fraction of sp³-hybridized carbons (Fsp3) is 0.188. The Bertz CT molecular complexity index is 782. The van der Waals surface area contributed by atoms with Gasteiger partial charge in [0.05, 0.1) is 29.0 Å². The van der Waals surface area contributed by atoms with Gasteiger partial charge in [0, 0.05) is 6.07 Å². The van der Waals surface area contributed by atoms with Crippen molar-refractivity contribution in [1.29, 1.82) is 0 Å². The molecule has 0 bridgehead atoms. The SMILES string of the molecule is O=C(O)CSCC(=O)Nc1ccc(Oc2cccc(C(F)(F)F)c2)nc1. The number of hydrogen-bond donors (Lipinski definition) is 2. The average Bonchev–Trinajstić information content (AvgIpc) is 2.56. The van der Waals surface area contributed by atoms with Gasteiger partial charge in [-0.05, 0) is 24.3 Å². The van der Waals surface area contributed by atoms with Gasteiger partial charge in [-0.25, -0.2) is 4.98 Å². The number of benzene rings is 1. The quantitative estimate of drug-likeness (QED) is 0.755. The van der Waals surface area contributed by atoms with E-state index in [-0.39, 0.29) is 23.1 Å². The number of anilines is 1. The summed E-state index contributed by atoms with van der Waals surface area (Å²) in [6.07, 6.45) is -3.19. The van der Waals surface area contributed by atoms with E-state index in [0.29, 0.717) is 5.69 Å². The molecule has 0 spiro atoms. The summed E-state index contributed by atoms with van der Waals surface area (Å²) in [5.41, 5.74) is -0.486. The number of carboxylic acids is 1. The monoisotopic (exact) mass is 386 g/mol. The first-order valence-electron chi connectivity index (χ1n) is 7.14. The van der Waals surface area contributed by atoms with E-state index in [1.165, 1.54) is 30.5 Å². The highest BCUT2D eigenvalue weighted by Gasteiger charge is 2.30. The molecule has 0 aliphatic heterocycles. The van der Waals surface area contributed by atoms with E-state index in [0.717, 1.165) is 23.9 Å². The smallest absolute Gasteiger partial charge is 0.416 e. The van der Waals surface area contributed by atoms with Crippen molar-refractivity contribution in [3.8, 4) is 11.6 Å². The number of ether oxygens (including phenoxy) is 1. The van der Waals surface area contributed by atoms with Gasteiger partial charge >= 0.3 is 12.1 Å². The minimum absolute atomic E-state index is 0.0193. The molecule has 0 fully saturated rings. The van der Waals surface area contributed by atoms with Gasteiger partial charge in [-0.2, -0.15) is 13.2 Å². The normalized spacial score (nSPS) is 11.0. The molecule has 0 atom stereocenters. The van der Waals surface area contributed by atoms with E-state index < -0.39 is 23.6 Å². The Labute approximate surface area is 150 Å². The van der Waals surface area contributed by atoms with Crippen molar-refractivity contribution in [2.75, 3.05) is 16.8 Å². The summed E-state index contributed by atoms with van der Waals surface area (Å²) >= 11 is 0.948. The summed E-state index contributed by atoms with van der Waals surface area (Å²) in [6, 6.07) is 7.24. The molecule has 0 saturated carbocycles. The number of pyridine rings is 1. The molecule has 2 rings (SSSR count). The molecule has 2 N–H and O–H groups in total. The highest BCUT2D eigenvalue weighted by molar-refractivity contribution is 8.00. The lowest BCUT2D eigenvalue weighted by Crippen LogP contribution is -2.15. The molecule has 0 saturated heterocycles. The number of carbonyl (C=O) groups is 2. The molecule has 0 aliphatic rings. The number of aromatic nitrogens is 1. The van der Waals surface area contributed by atoms with Crippen molar-refractivity contribution < 1.29 is 32.6 Å². The van der Waals surface area contributed by atoms with Crippen LogP contribution in [0, 0.1) is 0 Å². The lowest BCUT2D eigenvalue weighted by atomic mass is 10.2. The van der Waals surface area contributed by atoms with Crippen LogP contribution in [0.5, 0.6) is 11.6 Å². The fourth-order valence-corrected chi connectivity index (χ4v) is 2.33. The number of carbonyl (C=O) groups excluding carboxylic acids is 1. The van der Waals surface area contributed by atoms with Gasteiger partial charge in [0.1, 0.15) is 5.75 Å². The summed E-state index contributed by atoms with van der Waals surface area (Å²) in [6.45, 7) is 0. The molecular formula is C16H13F3N2O4S. The van der Waals surface area contributed by atoms with Gasteiger partial charge in [0.2, 0.25) is 11.8 Å². The highest BCUT2D eigenvalue weighted by atomic mass is 32.2. The molecule has 1 amide bonds. The van der Waals surface area contributed by atoms with Crippen LogP contribution in [0.4, 0.5) is 18.9 Å². The number of amides is 1. The van der Waals surface area contributed by atoms with Crippen molar-refractivity contribution in [2.24, 2.45) is 0 Å². The molecular weight excluding hydrogens is 373 g/mol. The number of hydrogen-bond acceptors (Lipinski definition) is 5. The Kier molecular flexibility index (Phi) is 6.45. The van der Waals surface area contributed by atoms with Gasteiger partial charge in [-0.3, -0.25) is 9.59 Å². The zero-order chi connectivity index (χ0) is 19.2. The maximum atomic E-state index is 12.7. The summed E-state index contributed by atoms with van der Waals surface area (Å²) in [7, 11) is 0. The van der Waals surface area contributed by atoms with Crippen LogP contribution < -0.4 is 10.1 Å². The number of rotatable bonds is 7. The first kappa shape index (κ1) is 19.6. The third-order valence-electron chi connectivity index (χ3n) is 2.86. The van der Waals surface area contributed by atoms with E-state index in [9.17, 15) is 22.8 Å². The Hall–Kier alpha value is -2.75. The van der Waals surface area contributed by atoms with Crippen molar-refractivity contribution in [3.63, 3.8) is 0 Å². The molecule has 0 unspecified atom stereocenters. The fourth-order valence-electron chi connectivity index (χ4n) is 1.80. The topological polar surface area (TPSA) is 88.5 Å². The molecule has 0 radical (unpaired) electrons. The van der Waals surface area contributed by atoms with E-state index >= 15 is 0 Å². The van der Waals surface area contributed by atoms with Crippen LogP contribution in [0.15, 0.2) is 42.6 Å². The predicted molar refractivity (Wildman–Crippen MR) is 89.3 cm³/mol. The second-order valence-corrected chi connectivity index (χ2v) is 5.93. The third-order valence-corrected chi connectivity index (χ3v) is 3.78. The second kappa shape index (κ2) is 8.56. The molecule has 138 valence electrons. The Balaban J connectivity index is 1.93. The van der Waals surface area contributed by atoms with Crippen LogP contribution >= 0.6 is 11.8 Å². The summed E-state index contributed by atoms with van der Waals surface area (Å²) in [5.74, 6) is -1.59. The molecule has 0 aliphatic carbocycles. The Morgan fingerprint density at radius 3 is 2.58 bits per heavy atom. The number of aliphatic carboxylic acids is 1. The molecule has 1 aromatic heterocycles.